The maximum atomic E-state index is 13.5. The lowest BCUT2D eigenvalue weighted by atomic mass is 9.92. The first-order valence-electron chi connectivity index (χ1n) is 10.9. The van der Waals surface area contributed by atoms with E-state index in [4.69, 9.17) is 4.74 Å². The van der Waals surface area contributed by atoms with E-state index in [-0.39, 0.29) is 18.6 Å². The van der Waals surface area contributed by atoms with Gasteiger partial charge in [0.25, 0.3) is 5.91 Å². The van der Waals surface area contributed by atoms with E-state index in [2.05, 4.69) is 22.5 Å². The lowest BCUT2D eigenvalue weighted by Gasteiger charge is -2.37. The predicted molar refractivity (Wildman–Crippen MR) is 120 cm³/mol. The van der Waals surface area contributed by atoms with Gasteiger partial charge in [0.2, 0.25) is 0 Å². The monoisotopic (exact) mass is 427 g/mol. The number of amides is 2. The summed E-state index contributed by atoms with van der Waals surface area (Å²) in [7, 11) is 0. The third-order valence-electron chi connectivity index (χ3n) is 6.13. The van der Waals surface area contributed by atoms with Crippen LogP contribution in [0, 0.1) is 0 Å². The van der Waals surface area contributed by atoms with E-state index in [9.17, 15) is 9.59 Å². The average Bonchev–Trinajstić information content (AvgIpc) is 3.21. The fraction of sp³-hybridized carbons (Fsp3) is 0.231. The molecule has 162 valence electrons. The number of nitrogens with one attached hydrogen (secondary N) is 1. The number of hydrogen-bond acceptors (Lipinski definition) is 4. The Balaban J connectivity index is 1.38. The molecule has 3 aromatic carbocycles. The van der Waals surface area contributed by atoms with Gasteiger partial charge in [-0.15, -0.1) is 0 Å². The normalized spacial score (nSPS) is 19.7. The summed E-state index contributed by atoms with van der Waals surface area (Å²) in [5.41, 5.74) is 4.02. The van der Waals surface area contributed by atoms with Gasteiger partial charge in [0, 0.05) is 18.5 Å². The van der Waals surface area contributed by atoms with Gasteiger partial charge < -0.3 is 4.74 Å². The van der Waals surface area contributed by atoms with E-state index in [1.165, 1.54) is 11.1 Å². The lowest BCUT2D eigenvalue weighted by molar-refractivity contribution is -0.0202. The molecule has 2 heterocycles. The highest BCUT2D eigenvalue weighted by Crippen LogP contribution is 2.40. The molecule has 2 aliphatic rings. The van der Waals surface area contributed by atoms with Crippen molar-refractivity contribution in [3.05, 3.63) is 107 Å². The number of hydrazine groups is 1. The van der Waals surface area contributed by atoms with E-state index >= 15 is 0 Å². The molecule has 1 fully saturated rings. The van der Waals surface area contributed by atoms with Crippen LogP contribution in [0.2, 0.25) is 0 Å². The van der Waals surface area contributed by atoms with E-state index in [1.807, 2.05) is 60.7 Å². The summed E-state index contributed by atoms with van der Waals surface area (Å²) in [5, 5.41) is 6.74. The first-order valence-corrected chi connectivity index (χ1v) is 10.9. The van der Waals surface area contributed by atoms with Crippen molar-refractivity contribution in [2.24, 2.45) is 0 Å². The van der Waals surface area contributed by atoms with Crippen LogP contribution in [0.25, 0.3) is 0 Å². The largest absolute Gasteiger partial charge is 0.445 e. The number of carbonyl (C=O) groups excluding carboxylic acids is 2. The number of carbonyl (C=O) groups is 2. The molecule has 1 N–H and O–H groups in total. The molecule has 2 amide bonds. The summed E-state index contributed by atoms with van der Waals surface area (Å²) in [4.78, 5) is 26.1. The Morgan fingerprint density at radius 1 is 0.906 bits per heavy atom. The van der Waals surface area contributed by atoms with Crippen molar-refractivity contribution in [1.82, 2.24) is 15.3 Å². The van der Waals surface area contributed by atoms with Gasteiger partial charge >= 0.3 is 6.09 Å². The summed E-state index contributed by atoms with van der Waals surface area (Å²) in [6.07, 6.45) is 0.451. The van der Waals surface area contributed by atoms with Gasteiger partial charge in [0.1, 0.15) is 12.8 Å². The highest BCUT2D eigenvalue weighted by atomic mass is 16.5. The molecule has 3 aromatic rings. The second-order valence-electron chi connectivity index (χ2n) is 8.10. The van der Waals surface area contributed by atoms with Crippen LogP contribution in [0.4, 0.5) is 4.79 Å². The Hall–Kier alpha value is -3.64. The van der Waals surface area contributed by atoms with Gasteiger partial charge in [0.15, 0.2) is 0 Å². The summed E-state index contributed by atoms with van der Waals surface area (Å²) in [6, 6.07) is 27.1. The zero-order valence-electron chi connectivity index (χ0n) is 17.7. The molecule has 2 atom stereocenters. The van der Waals surface area contributed by atoms with Gasteiger partial charge in [-0.3, -0.25) is 10.1 Å². The molecular weight excluding hydrogens is 402 g/mol. The van der Waals surface area contributed by atoms with Gasteiger partial charge in [-0.1, -0.05) is 72.8 Å². The summed E-state index contributed by atoms with van der Waals surface area (Å²) < 4.78 is 5.44. The second kappa shape index (κ2) is 8.85. The maximum Gasteiger partial charge on any atom is 0.409 e. The lowest BCUT2D eigenvalue weighted by Crippen LogP contribution is -2.53. The zero-order valence-corrected chi connectivity index (χ0v) is 17.7. The third kappa shape index (κ3) is 3.97. The van der Waals surface area contributed by atoms with E-state index in [0.29, 0.717) is 12.0 Å². The van der Waals surface area contributed by atoms with Crippen molar-refractivity contribution in [2.45, 2.75) is 31.7 Å². The van der Waals surface area contributed by atoms with Crippen LogP contribution in [-0.4, -0.2) is 34.7 Å². The molecule has 0 aromatic heterocycles. The fourth-order valence-corrected chi connectivity index (χ4v) is 4.63. The van der Waals surface area contributed by atoms with Gasteiger partial charge in [0.05, 0.1) is 6.04 Å². The van der Waals surface area contributed by atoms with Gasteiger partial charge in [-0.05, 0) is 35.2 Å². The maximum absolute atomic E-state index is 13.5. The highest BCUT2D eigenvalue weighted by molar-refractivity contribution is 5.94. The molecule has 0 spiro atoms. The van der Waals surface area contributed by atoms with Crippen LogP contribution in [0.5, 0.6) is 0 Å². The fourth-order valence-electron chi connectivity index (χ4n) is 4.63. The molecular formula is C26H25N3O3. The molecule has 32 heavy (non-hydrogen) atoms. The minimum absolute atomic E-state index is 0.0343. The van der Waals surface area contributed by atoms with Crippen LogP contribution in [-0.2, 0) is 17.8 Å². The van der Waals surface area contributed by atoms with Crippen LogP contribution >= 0.6 is 0 Å². The van der Waals surface area contributed by atoms with Crippen molar-refractivity contribution in [3.8, 4) is 0 Å². The van der Waals surface area contributed by atoms with Gasteiger partial charge in [-0.25, -0.2) is 14.8 Å². The Bertz CT molecular complexity index is 1100. The number of ether oxygens (including phenoxy) is 1. The average molecular weight is 428 g/mol. The summed E-state index contributed by atoms with van der Waals surface area (Å²) >= 11 is 0. The minimum atomic E-state index is -0.530. The number of hydrogen-bond donors (Lipinski definition) is 1. The Morgan fingerprint density at radius 2 is 1.59 bits per heavy atom. The molecule has 5 rings (SSSR count). The molecule has 2 aliphatic heterocycles. The Kier molecular flexibility index (Phi) is 5.60. The highest BCUT2D eigenvalue weighted by Gasteiger charge is 2.46. The van der Waals surface area contributed by atoms with Crippen molar-refractivity contribution in [1.29, 1.82) is 0 Å². The predicted octanol–water partition coefficient (Wildman–Crippen LogP) is 4.30. The Morgan fingerprint density at radius 3 is 2.38 bits per heavy atom. The summed E-state index contributed by atoms with van der Waals surface area (Å²) in [5.74, 6) is -0.124. The first kappa shape index (κ1) is 20.3. The van der Waals surface area contributed by atoms with E-state index < -0.39 is 12.3 Å². The standard InChI is InChI=1S/C26H25N3O3/c30-25(21-12-5-2-6-13-21)29-24(27-26(31)32-18-19-9-3-1-4-10-19)17-23-22-14-8-7-11-20(22)15-16-28(23)29/h1-14,23-24H,15-18H2,(H,27,31)/t23-,24+/m0/s1. The minimum Gasteiger partial charge on any atom is -0.445 e. The molecule has 6 heteroatoms. The molecule has 0 radical (unpaired) electrons. The van der Waals surface area contributed by atoms with Crippen LogP contribution in [0.3, 0.4) is 0 Å². The van der Waals surface area contributed by atoms with Crippen LogP contribution < -0.4 is 5.32 Å². The first-order chi connectivity index (χ1) is 15.7. The van der Waals surface area contributed by atoms with Crippen LogP contribution in [0.1, 0.15) is 39.5 Å². The molecule has 0 saturated carbocycles. The number of fused-ring (bicyclic) bond motifs is 3. The molecule has 0 aliphatic carbocycles. The molecule has 1 saturated heterocycles. The van der Waals surface area contributed by atoms with Crippen molar-refractivity contribution >= 4 is 12.0 Å². The molecule has 0 unspecified atom stereocenters. The van der Waals surface area contributed by atoms with Crippen LogP contribution in [0.15, 0.2) is 84.9 Å². The second-order valence-corrected chi connectivity index (χ2v) is 8.10. The van der Waals surface area contributed by atoms with Crippen molar-refractivity contribution in [2.75, 3.05) is 6.54 Å². The zero-order chi connectivity index (χ0) is 21.9. The SMILES string of the molecule is O=C(N[C@H]1C[C@H]2c3ccccc3CCN2N1C(=O)c1ccccc1)OCc1ccccc1. The van der Waals surface area contributed by atoms with Crippen molar-refractivity contribution < 1.29 is 14.3 Å². The quantitative estimate of drug-likeness (QED) is 0.674. The number of nitrogens with zero attached hydrogens (tertiary/aromatic N) is 2. The van der Waals surface area contributed by atoms with E-state index in [1.54, 1.807) is 17.1 Å². The van der Waals surface area contributed by atoms with E-state index in [0.717, 1.165) is 18.5 Å². The number of benzene rings is 3. The third-order valence-corrected chi connectivity index (χ3v) is 6.13. The Labute approximate surface area is 187 Å². The van der Waals surface area contributed by atoms with Crippen molar-refractivity contribution in [3.63, 3.8) is 0 Å². The smallest absolute Gasteiger partial charge is 0.409 e. The topological polar surface area (TPSA) is 61.9 Å². The number of rotatable bonds is 4. The molecule has 0 bridgehead atoms. The van der Waals surface area contributed by atoms with Gasteiger partial charge in [-0.2, -0.15) is 0 Å². The number of alkyl carbamates (subject to hydrolysis) is 1. The molecule has 6 nitrogen and oxygen atoms in total. The summed E-state index contributed by atoms with van der Waals surface area (Å²) in [6.45, 7) is 0.902.